The first-order valence-electron chi connectivity index (χ1n) is 2.31. The molecule has 1 saturated heterocycles. The van der Waals surface area contributed by atoms with Crippen LogP contribution < -0.4 is 0 Å². The molecular formula is C3H5ClO4S. The van der Waals surface area contributed by atoms with Gasteiger partial charge in [-0.3, -0.25) is 0 Å². The molecule has 0 radical (unpaired) electrons. The van der Waals surface area contributed by atoms with E-state index >= 15 is 0 Å². The summed E-state index contributed by atoms with van der Waals surface area (Å²) in [6.07, 6.45) is -0.242. The van der Waals surface area contributed by atoms with Gasteiger partial charge in [0.05, 0.1) is 0 Å². The average molecular weight is 173 g/mol. The summed E-state index contributed by atoms with van der Waals surface area (Å²) in [6, 6.07) is 0. The maximum absolute atomic E-state index is 10.1. The molecule has 0 aromatic carbocycles. The third kappa shape index (κ3) is 1.79. The summed E-state index contributed by atoms with van der Waals surface area (Å²) in [5.74, 6) is 0.334. The number of hydrogen-bond donors (Lipinski definition) is 0. The molecule has 4 nitrogen and oxygen atoms in total. The quantitative estimate of drug-likeness (QED) is 0.560. The summed E-state index contributed by atoms with van der Waals surface area (Å²) >= 11 is 5.25. The lowest BCUT2D eigenvalue weighted by Crippen LogP contribution is -2.36. The molecule has 54 valence electrons. The van der Waals surface area contributed by atoms with Crippen molar-refractivity contribution in [3.63, 3.8) is 0 Å². The van der Waals surface area contributed by atoms with Crippen molar-refractivity contribution < 1.29 is 16.8 Å². The van der Waals surface area contributed by atoms with Crippen LogP contribution in [-0.2, 0) is 18.8 Å². The van der Waals surface area contributed by atoms with Crippen LogP contribution in [0.2, 0.25) is 0 Å². The second kappa shape index (κ2) is 2.42. The Morgan fingerprint density at radius 2 is 2.00 bits per heavy atom. The van der Waals surface area contributed by atoms with Crippen molar-refractivity contribution in [2.75, 3.05) is 5.88 Å². The van der Waals surface area contributed by atoms with Crippen molar-refractivity contribution in [3.8, 4) is 0 Å². The molecule has 0 saturated carbocycles. The van der Waals surface area contributed by atoms with Crippen molar-refractivity contribution in [1.29, 1.82) is 0 Å². The van der Waals surface area contributed by atoms with E-state index < -0.39 is 16.7 Å². The molecule has 1 rings (SSSR count). The molecule has 0 amide bonds. The molecule has 9 heavy (non-hydrogen) atoms. The highest BCUT2D eigenvalue weighted by molar-refractivity contribution is 7.82. The average Bonchev–Trinajstić information content (AvgIpc) is 1.62. The fourth-order valence-corrected chi connectivity index (χ4v) is 1.37. The molecule has 1 fully saturated rings. The highest BCUT2D eigenvalue weighted by Gasteiger charge is 2.35. The minimum atomic E-state index is -3.61. The Morgan fingerprint density at radius 1 is 1.44 bits per heavy atom. The van der Waals surface area contributed by atoms with E-state index in [9.17, 15) is 8.42 Å². The molecule has 0 unspecified atom stereocenters. The van der Waals surface area contributed by atoms with E-state index in [1.54, 1.807) is 0 Å². The number of halogens is 1. The van der Waals surface area contributed by atoms with Gasteiger partial charge in [0.15, 0.2) is 6.29 Å². The lowest BCUT2D eigenvalue weighted by Gasteiger charge is -2.23. The van der Waals surface area contributed by atoms with Gasteiger partial charge in [0, 0.05) is 12.3 Å². The van der Waals surface area contributed by atoms with Gasteiger partial charge in [-0.2, -0.15) is 8.42 Å². The van der Waals surface area contributed by atoms with Gasteiger partial charge in [0.25, 0.3) is 0 Å². The SMILES string of the molecule is O=S1(=O)OC(CCCl)O1. The first kappa shape index (κ1) is 7.27. The first-order valence-corrected chi connectivity index (χ1v) is 4.18. The second-order valence-corrected chi connectivity index (χ2v) is 3.09. The van der Waals surface area contributed by atoms with Gasteiger partial charge in [-0.25, -0.2) is 8.37 Å². The van der Waals surface area contributed by atoms with Crippen LogP contribution in [0.4, 0.5) is 0 Å². The van der Waals surface area contributed by atoms with Gasteiger partial charge in [0.1, 0.15) is 0 Å². The second-order valence-electron chi connectivity index (χ2n) is 1.51. The van der Waals surface area contributed by atoms with Crippen LogP contribution in [0, 0.1) is 0 Å². The monoisotopic (exact) mass is 172 g/mol. The third-order valence-electron chi connectivity index (χ3n) is 0.795. The van der Waals surface area contributed by atoms with Crippen LogP contribution in [0.5, 0.6) is 0 Å². The van der Waals surface area contributed by atoms with Crippen molar-refractivity contribution in [3.05, 3.63) is 0 Å². The molecule has 0 spiro atoms. The predicted molar refractivity (Wildman–Crippen MR) is 30.2 cm³/mol. The van der Waals surface area contributed by atoms with E-state index in [0.29, 0.717) is 12.3 Å². The molecule has 0 aliphatic carbocycles. The predicted octanol–water partition coefficient (Wildman–Crippen LogP) is 0.233. The van der Waals surface area contributed by atoms with Crippen molar-refractivity contribution in [1.82, 2.24) is 0 Å². The van der Waals surface area contributed by atoms with Crippen LogP contribution in [0.15, 0.2) is 0 Å². The Balaban J connectivity index is 2.28. The van der Waals surface area contributed by atoms with Gasteiger partial charge in [-0.05, 0) is 0 Å². The maximum Gasteiger partial charge on any atom is 0.404 e. The Bertz CT molecular complexity index is 174. The number of rotatable bonds is 2. The third-order valence-corrected chi connectivity index (χ3v) is 1.91. The van der Waals surface area contributed by atoms with E-state index in [1.165, 1.54) is 0 Å². The van der Waals surface area contributed by atoms with Crippen LogP contribution in [0.1, 0.15) is 6.42 Å². The first-order chi connectivity index (χ1) is 4.14. The molecule has 0 aromatic heterocycles. The van der Waals surface area contributed by atoms with E-state index in [-0.39, 0.29) is 0 Å². The highest BCUT2D eigenvalue weighted by Crippen LogP contribution is 2.20. The summed E-state index contributed by atoms with van der Waals surface area (Å²) in [7, 11) is -3.61. The minimum absolute atomic E-state index is 0.334. The smallest absolute Gasteiger partial charge is 0.215 e. The highest BCUT2D eigenvalue weighted by atomic mass is 35.5. The number of alkyl halides is 1. The van der Waals surface area contributed by atoms with E-state index in [0.717, 1.165) is 0 Å². The molecule has 0 bridgehead atoms. The molecule has 1 aliphatic heterocycles. The Hall–Kier alpha value is 0.160. The molecule has 0 N–H and O–H groups in total. The van der Waals surface area contributed by atoms with Crippen LogP contribution >= 0.6 is 11.6 Å². The molecule has 1 heterocycles. The fourth-order valence-electron chi connectivity index (χ4n) is 0.455. The Labute approximate surface area is 58.0 Å². The van der Waals surface area contributed by atoms with Crippen LogP contribution in [-0.4, -0.2) is 20.6 Å². The van der Waals surface area contributed by atoms with Crippen molar-refractivity contribution in [2.24, 2.45) is 0 Å². The minimum Gasteiger partial charge on any atom is -0.215 e. The summed E-state index contributed by atoms with van der Waals surface area (Å²) in [5.41, 5.74) is 0. The van der Waals surface area contributed by atoms with Gasteiger partial charge < -0.3 is 0 Å². The maximum atomic E-state index is 10.1. The summed E-state index contributed by atoms with van der Waals surface area (Å²) in [4.78, 5) is 0. The number of hydrogen-bond acceptors (Lipinski definition) is 4. The molecular weight excluding hydrogens is 168 g/mol. The van der Waals surface area contributed by atoms with Crippen LogP contribution in [0.25, 0.3) is 0 Å². The topological polar surface area (TPSA) is 52.6 Å². The van der Waals surface area contributed by atoms with Gasteiger partial charge >= 0.3 is 10.4 Å². The largest absolute Gasteiger partial charge is 0.404 e. The van der Waals surface area contributed by atoms with Crippen molar-refractivity contribution >= 4 is 22.0 Å². The standard InChI is InChI=1S/C3H5ClO4S/c4-2-1-3-7-9(5,6)8-3/h3H,1-2H2. The Kier molecular flexibility index (Phi) is 1.95. The van der Waals surface area contributed by atoms with E-state index in [4.69, 9.17) is 11.6 Å². The normalized spacial score (nSPS) is 25.4. The zero-order valence-electron chi connectivity index (χ0n) is 4.41. The summed E-state index contributed by atoms with van der Waals surface area (Å²) in [5, 5.41) is 0. The summed E-state index contributed by atoms with van der Waals surface area (Å²) in [6.45, 7) is 0. The Morgan fingerprint density at radius 3 is 2.33 bits per heavy atom. The zero-order chi connectivity index (χ0) is 6.91. The van der Waals surface area contributed by atoms with Crippen molar-refractivity contribution in [2.45, 2.75) is 12.7 Å². The molecule has 6 heteroatoms. The van der Waals surface area contributed by atoms with E-state index in [1.807, 2.05) is 0 Å². The van der Waals surface area contributed by atoms with Gasteiger partial charge in [0.2, 0.25) is 0 Å². The van der Waals surface area contributed by atoms with E-state index in [2.05, 4.69) is 8.37 Å². The summed E-state index contributed by atoms with van der Waals surface area (Å²) < 4.78 is 28.6. The lowest BCUT2D eigenvalue weighted by atomic mass is 10.5. The lowest BCUT2D eigenvalue weighted by molar-refractivity contribution is -0.0794. The van der Waals surface area contributed by atoms with Gasteiger partial charge in [-0.1, -0.05) is 0 Å². The molecule has 0 atom stereocenters. The molecule has 0 aromatic rings. The van der Waals surface area contributed by atoms with Crippen LogP contribution in [0.3, 0.4) is 0 Å². The fraction of sp³-hybridized carbons (Fsp3) is 1.00. The van der Waals surface area contributed by atoms with Gasteiger partial charge in [-0.15, -0.1) is 11.6 Å². The zero-order valence-corrected chi connectivity index (χ0v) is 5.98. The molecule has 1 aliphatic rings.